The Balaban J connectivity index is 3.89. The van der Waals surface area contributed by atoms with E-state index in [1.54, 1.807) is 0 Å². The van der Waals surface area contributed by atoms with E-state index >= 15 is 0 Å². The molecule has 0 bridgehead atoms. The van der Waals surface area contributed by atoms with Gasteiger partial charge in [-0.1, -0.05) is 0 Å². The molecule has 1 amide bonds. The van der Waals surface area contributed by atoms with E-state index < -0.39 is 0 Å². The predicted octanol–water partition coefficient (Wildman–Crippen LogP) is -0.175. The van der Waals surface area contributed by atoms with E-state index in [1.165, 1.54) is 0 Å². The molecule has 4 nitrogen and oxygen atoms in total. The molecule has 0 spiro atoms. The van der Waals surface area contributed by atoms with Crippen LogP contribution in [0, 0.1) is 0 Å². The molecule has 0 saturated heterocycles. The molecule has 0 rings (SSSR count). The van der Waals surface area contributed by atoms with Crippen LogP contribution < -0.4 is 5.32 Å². The van der Waals surface area contributed by atoms with Crippen molar-refractivity contribution in [1.82, 2.24) is 10.2 Å². The lowest BCUT2D eigenvalue weighted by Gasteiger charge is -2.26. The molecule has 0 aromatic heterocycles. The van der Waals surface area contributed by atoms with E-state index in [4.69, 9.17) is 5.11 Å². The summed E-state index contributed by atoms with van der Waals surface area (Å²) in [5.74, 6) is -0.0107. The Morgan fingerprint density at radius 1 is 1.46 bits per heavy atom. The van der Waals surface area contributed by atoms with Gasteiger partial charge in [-0.3, -0.25) is 4.79 Å². The van der Waals surface area contributed by atoms with Crippen molar-refractivity contribution in [3.05, 3.63) is 0 Å². The van der Waals surface area contributed by atoms with Gasteiger partial charge < -0.3 is 15.3 Å². The third kappa shape index (κ3) is 6.54. The van der Waals surface area contributed by atoms with Crippen LogP contribution in [0.1, 0.15) is 20.3 Å². The summed E-state index contributed by atoms with van der Waals surface area (Å²) in [6.07, 6.45) is 0.576. The van der Waals surface area contributed by atoms with Crippen molar-refractivity contribution in [3.8, 4) is 0 Å². The van der Waals surface area contributed by atoms with Gasteiger partial charge in [0.1, 0.15) is 0 Å². The summed E-state index contributed by atoms with van der Waals surface area (Å²) in [7, 11) is 3.69. The van der Waals surface area contributed by atoms with Gasteiger partial charge in [-0.15, -0.1) is 0 Å². The quantitative estimate of drug-likeness (QED) is 0.629. The van der Waals surface area contributed by atoms with Crippen molar-refractivity contribution in [2.75, 3.05) is 27.2 Å². The van der Waals surface area contributed by atoms with Gasteiger partial charge in [-0.05, 0) is 34.4 Å². The molecule has 0 aliphatic carbocycles. The van der Waals surface area contributed by atoms with E-state index in [9.17, 15) is 4.79 Å². The van der Waals surface area contributed by atoms with Crippen molar-refractivity contribution in [2.24, 2.45) is 0 Å². The molecule has 0 aliphatic heterocycles. The molecular formula is C9H20N2O2. The van der Waals surface area contributed by atoms with Gasteiger partial charge in [0.2, 0.25) is 5.91 Å². The largest absolute Gasteiger partial charge is 0.396 e. The van der Waals surface area contributed by atoms with Gasteiger partial charge in [0.05, 0.1) is 6.54 Å². The Kier molecular flexibility index (Phi) is 4.95. The molecule has 2 N–H and O–H groups in total. The normalized spacial score (nSPS) is 11.8. The molecule has 0 aromatic rings. The molecule has 0 atom stereocenters. The Hall–Kier alpha value is -0.610. The van der Waals surface area contributed by atoms with Gasteiger partial charge in [0, 0.05) is 12.1 Å². The third-order valence-electron chi connectivity index (χ3n) is 1.67. The number of aliphatic hydroxyl groups excluding tert-OH is 1. The smallest absolute Gasteiger partial charge is 0.234 e. The highest BCUT2D eigenvalue weighted by molar-refractivity contribution is 5.78. The first-order valence-electron chi connectivity index (χ1n) is 4.44. The summed E-state index contributed by atoms with van der Waals surface area (Å²) in [4.78, 5) is 13.1. The molecular weight excluding hydrogens is 168 g/mol. The number of likely N-dealkylation sites (N-methyl/N-ethyl adjacent to an activating group) is 1. The lowest BCUT2D eigenvalue weighted by atomic mass is 10.0. The van der Waals surface area contributed by atoms with Crippen LogP contribution in [-0.2, 0) is 4.79 Å². The summed E-state index contributed by atoms with van der Waals surface area (Å²) in [5, 5.41) is 11.6. The average molecular weight is 188 g/mol. The Bertz CT molecular complexity index is 167. The van der Waals surface area contributed by atoms with Crippen LogP contribution in [-0.4, -0.2) is 48.7 Å². The van der Waals surface area contributed by atoms with E-state index in [0.29, 0.717) is 13.0 Å². The summed E-state index contributed by atoms with van der Waals surface area (Å²) in [5.41, 5.74) is -0.318. The van der Waals surface area contributed by atoms with E-state index in [2.05, 4.69) is 5.32 Å². The minimum Gasteiger partial charge on any atom is -0.396 e. The zero-order chi connectivity index (χ0) is 10.5. The number of nitrogens with one attached hydrogen (secondary N) is 1. The number of carbonyl (C=O) groups is 1. The minimum atomic E-state index is -0.318. The Morgan fingerprint density at radius 2 is 2.00 bits per heavy atom. The maximum Gasteiger partial charge on any atom is 0.234 e. The number of amides is 1. The van der Waals surface area contributed by atoms with Crippen LogP contribution in [0.15, 0.2) is 0 Å². The fourth-order valence-electron chi connectivity index (χ4n) is 1.05. The standard InChI is InChI=1S/C9H20N2O2/c1-9(2,5-6-12)10-8(13)7-11(3)4/h12H,5-7H2,1-4H3,(H,10,13). The summed E-state index contributed by atoms with van der Waals surface area (Å²) < 4.78 is 0. The van der Waals surface area contributed by atoms with Crippen LogP contribution >= 0.6 is 0 Å². The maximum absolute atomic E-state index is 11.3. The second-order valence-corrected chi connectivity index (χ2v) is 4.14. The van der Waals surface area contributed by atoms with Gasteiger partial charge in [-0.25, -0.2) is 0 Å². The van der Waals surface area contributed by atoms with E-state index in [0.717, 1.165) is 0 Å². The lowest BCUT2D eigenvalue weighted by molar-refractivity contribution is -0.123. The molecule has 0 aromatic carbocycles. The highest BCUT2D eigenvalue weighted by Crippen LogP contribution is 2.06. The van der Waals surface area contributed by atoms with Crippen LogP contribution in [0.25, 0.3) is 0 Å². The number of nitrogens with zero attached hydrogens (tertiary/aromatic N) is 1. The molecule has 0 saturated carbocycles. The molecule has 0 unspecified atom stereocenters. The molecule has 0 heterocycles. The summed E-state index contributed by atoms with van der Waals surface area (Å²) in [6.45, 7) is 4.28. The minimum absolute atomic E-state index is 0.0107. The summed E-state index contributed by atoms with van der Waals surface area (Å²) >= 11 is 0. The molecule has 78 valence electrons. The molecule has 0 fully saturated rings. The van der Waals surface area contributed by atoms with Crippen LogP contribution in [0.3, 0.4) is 0 Å². The number of rotatable bonds is 5. The monoisotopic (exact) mass is 188 g/mol. The summed E-state index contributed by atoms with van der Waals surface area (Å²) in [6, 6.07) is 0. The molecule has 4 heteroatoms. The van der Waals surface area contributed by atoms with E-state index in [-0.39, 0.29) is 18.1 Å². The molecule has 0 radical (unpaired) electrons. The highest BCUT2D eigenvalue weighted by Gasteiger charge is 2.19. The molecule has 0 aliphatic rings. The maximum atomic E-state index is 11.3. The van der Waals surface area contributed by atoms with Crippen molar-refractivity contribution in [3.63, 3.8) is 0 Å². The average Bonchev–Trinajstić information content (AvgIpc) is 1.81. The van der Waals surface area contributed by atoms with Gasteiger partial charge in [0.25, 0.3) is 0 Å². The second-order valence-electron chi connectivity index (χ2n) is 4.14. The number of aliphatic hydroxyl groups is 1. The van der Waals surface area contributed by atoms with Crippen LogP contribution in [0.5, 0.6) is 0 Å². The first kappa shape index (κ1) is 12.4. The second kappa shape index (κ2) is 5.19. The van der Waals surface area contributed by atoms with Gasteiger partial charge >= 0.3 is 0 Å². The zero-order valence-corrected chi connectivity index (χ0v) is 8.92. The fourth-order valence-corrected chi connectivity index (χ4v) is 1.05. The first-order valence-corrected chi connectivity index (χ1v) is 4.44. The van der Waals surface area contributed by atoms with Crippen molar-refractivity contribution >= 4 is 5.91 Å². The SMILES string of the molecule is CN(C)CC(=O)NC(C)(C)CCO. The fraction of sp³-hybridized carbons (Fsp3) is 0.889. The number of hydrogen-bond donors (Lipinski definition) is 2. The van der Waals surface area contributed by atoms with E-state index in [1.807, 2.05) is 32.8 Å². The van der Waals surface area contributed by atoms with Crippen molar-refractivity contribution in [2.45, 2.75) is 25.8 Å². The van der Waals surface area contributed by atoms with Gasteiger partial charge in [-0.2, -0.15) is 0 Å². The highest BCUT2D eigenvalue weighted by atomic mass is 16.3. The number of hydrogen-bond acceptors (Lipinski definition) is 3. The topological polar surface area (TPSA) is 52.6 Å². The Labute approximate surface area is 79.9 Å². The number of carbonyl (C=O) groups excluding carboxylic acids is 1. The first-order chi connectivity index (χ1) is 5.87. The van der Waals surface area contributed by atoms with Crippen LogP contribution in [0.2, 0.25) is 0 Å². The zero-order valence-electron chi connectivity index (χ0n) is 8.92. The van der Waals surface area contributed by atoms with Gasteiger partial charge in [0.15, 0.2) is 0 Å². The van der Waals surface area contributed by atoms with Crippen LogP contribution in [0.4, 0.5) is 0 Å². The predicted molar refractivity (Wildman–Crippen MR) is 52.5 cm³/mol. The third-order valence-corrected chi connectivity index (χ3v) is 1.67. The molecule has 13 heavy (non-hydrogen) atoms. The lowest BCUT2D eigenvalue weighted by Crippen LogP contribution is -2.47. The Morgan fingerprint density at radius 3 is 2.38 bits per heavy atom. The van der Waals surface area contributed by atoms with Crippen molar-refractivity contribution < 1.29 is 9.90 Å². The van der Waals surface area contributed by atoms with Crippen molar-refractivity contribution in [1.29, 1.82) is 0 Å².